The number of rotatable bonds is 4. The van der Waals surface area contributed by atoms with Gasteiger partial charge in [0.2, 0.25) is 0 Å². The van der Waals surface area contributed by atoms with Gasteiger partial charge in [-0.15, -0.1) is 0 Å². The summed E-state index contributed by atoms with van der Waals surface area (Å²) in [5.74, 6) is 0.545. The highest BCUT2D eigenvalue weighted by Crippen LogP contribution is 2.39. The first-order valence-corrected chi connectivity index (χ1v) is 9.15. The number of ether oxygens (including phenoxy) is 1. The van der Waals surface area contributed by atoms with Crippen molar-refractivity contribution < 1.29 is 9.66 Å². The first-order chi connectivity index (χ1) is 13.1. The number of hydrogen-bond acceptors (Lipinski definition) is 5. The average molecular weight is 384 g/mol. The van der Waals surface area contributed by atoms with E-state index in [1.165, 1.54) is 12.1 Å². The van der Waals surface area contributed by atoms with Crippen molar-refractivity contribution in [1.82, 2.24) is 4.98 Å². The number of nitro benzene ring substituents is 1. The Morgan fingerprint density at radius 2 is 2.00 bits per heavy atom. The maximum absolute atomic E-state index is 11.2. The topological polar surface area (TPSA) is 77.3 Å². The average Bonchev–Trinajstić information content (AvgIpc) is 2.67. The van der Waals surface area contributed by atoms with Crippen molar-refractivity contribution >= 4 is 39.6 Å². The summed E-state index contributed by atoms with van der Waals surface area (Å²) in [7, 11) is 1.55. The van der Waals surface area contributed by atoms with E-state index >= 15 is 0 Å². The van der Waals surface area contributed by atoms with Gasteiger partial charge in [-0.1, -0.05) is 11.6 Å². The molecule has 1 N–H and O–H groups in total. The van der Waals surface area contributed by atoms with E-state index in [4.69, 9.17) is 21.3 Å². The first kappa shape index (κ1) is 17.5. The molecule has 138 valence electrons. The van der Waals surface area contributed by atoms with Gasteiger partial charge in [0.25, 0.3) is 5.69 Å². The third-order valence-electron chi connectivity index (χ3n) is 4.88. The Morgan fingerprint density at radius 3 is 2.78 bits per heavy atom. The number of aromatic nitrogens is 1. The van der Waals surface area contributed by atoms with E-state index < -0.39 is 4.92 Å². The predicted octanol–water partition coefficient (Wildman–Crippen LogP) is 5.43. The smallest absolute Gasteiger partial charge is 0.271 e. The molecule has 0 saturated carbocycles. The second-order valence-electron chi connectivity index (χ2n) is 6.55. The van der Waals surface area contributed by atoms with Gasteiger partial charge in [0.1, 0.15) is 5.75 Å². The SMILES string of the molecule is COc1ccc([N+](=O)[O-])cc1Nc1c2c(nc3cc(Cl)ccc13)CCCC2. The summed E-state index contributed by atoms with van der Waals surface area (Å²) >= 11 is 6.16. The Morgan fingerprint density at radius 1 is 1.19 bits per heavy atom. The molecule has 0 fully saturated rings. The molecule has 0 aliphatic heterocycles. The predicted molar refractivity (Wildman–Crippen MR) is 106 cm³/mol. The number of benzene rings is 2. The molecule has 3 aromatic rings. The monoisotopic (exact) mass is 383 g/mol. The maximum atomic E-state index is 11.2. The van der Waals surface area contributed by atoms with E-state index in [0.717, 1.165) is 53.5 Å². The Bertz CT molecular complexity index is 1050. The Labute approximate surface area is 161 Å². The van der Waals surface area contributed by atoms with E-state index in [-0.39, 0.29) is 5.69 Å². The van der Waals surface area contributed by atoms with Crippen LogP contribution >= 0.6 is 11.6 Å². The quantitative estimate of drug-likeness (QED) is 0.480. The fraction of sp³-hybridized carbons (Fsp3) is 0.250. The van der Waals surface area contributed by atoms with Gasteiger partial charge in [-0.3, -0.25) is 15.1 Å². The molecule has 1 aromatic heterocycles. The zero-order chi connectivity index (χ0) is 19.0. The number of pyridine rings is 1. The van der Waals surface area contributed by atoms with Crippen LogP contribution in [0.25, 0.3) is 10.9 Å². The van der Waals surface area contributed by atoms with E-state index in [0.29, 0.717) is 16.5 Å². The number of halogens is 1. The van der Waals surface area contributed by atoms with Crippen LogP contribution in [0.15, 0.2) is 36.4 Å². The number of fused-ring (bicyclic) bond motifs is 2. The fourth-order valence-electron chi connectivity index (χ4n) is 3.58. The summed E-state index contributed by atoms with van der Waals surface area (Å²) in [6.07, 6.45) is 4.03. The number of nitro groups is 1. The number of nitrogens with one attached hydrogen (secondary N) is 1. The summed E-state index contributed by atoms with van der Waals surface area (Å²) in [4.78, 5) is 15.6. The third kappa shape index (κ3) is 3.28. The van der Waals surface area contributed by atoms with Crippen molar-refractivity contribution in [3.8, 4) is 5.75 Å². The first-order valence-electron chi connectivity index (χ1n) is 8.77. The molecular formula is C20H18ClN3O3. The zero-order valence-corrected chi connectivity index (χ0v) is 15.5. The molecule has 27 heavy (non-hydrogen) atoms. The summed E-state index contributed by atoms with van der Waals surface area (Å²) in [5.41, 5.74) is 4.52. The third-order valence-corrected chi connectivity index (χ3v) is 5.11. The van der Waals surface area contributed by atoms with Crippen LogP contribution in [0.5, 0.6) is 5.75 Å². The summed E-state index contributed by atoms with van der Waals surface area (Å²) in [5, 5.41) is 16.2. The van der Waals surface area contributed by atoms with Crippen molar-refractivity contribution in [3.63, 3.8) is 0 Å². The number of nitrogens with zero attached hydrogens (tertiary/aromatic N) is 2. The lowest BCUT2D eigenvalue weighted by Gasteiger charge is -2.22. The molecule has 1 aliphatic carbocycles. The highest BCUT2D eigenvalue weighted by atomic mass is 35.5. The Kier molecular flexibility index (Phi) is 4.58. The zero-order valence-electron chi connectivity index (χ0n) is 14.8. The Balaban J connectivity index is 1.91. The molecule has 1 aliphatic rings. The molecule has 0 unspecified atom stereocenters. The van der Waals surface area contributed by atoms with Crippen molar-refractivity contribution in [2.75, 3.05) is 12.4 Å². The van der Waals surface area contributed by atoms with E-state index in [9.17, 15) is 10.1 Å². The van der Waals surface area contributed by atoms with Gasteiger partial charge in [0, 0.05) is 28.2 Å². The van der Waals surface area contributed by atoms with E-state index in [1.807, 2.05) is 18.2 Å². The number of methoxy groups -OCH3 is 1. The van der Waals surface area contributed by atoms with Gasteiger partial charge < -0.3 is 10.1 Å². The van der Waals surface area contributed by atoms with Gasteiger partial charge in [-0.2, -0.15) is 0 Å². The standard InChI is InChI=1S/C20H18ClN3O3/c1-27-19-9-7-13(24(25)26)11-18(19)23-20-14-4-2-3-5-16(14)22-17-10-12(21)6-8-15(17)20/h6-11H,2-5H2,1H3,(H,22,23). The van der Waals surface area contributed by atoms with Crippen LogP contribution in [0.2, 0.25) is 5.02 Å². The molecule has 0 amide bonds. The van der Waals surface area contributed by atoms with Gasteiger partial charge in [0.05, 0.1) is 28.9 Å². The minimum atomic E-state index is -0.412. The molecular weight excluding hydrogens is 366 g/mol. The van der Waals surface area contributed by atoms with Crippen molar-refractivity contribution in [1.29, 1.82) is 0 Å². The van der Waals surface area contributed by atoms with E-state index in [1.54, 1.807) is 13.2 Å². The van der Waals surface area contributed by atoms with Crippen molar-refractivity contribution in [3.05, 3.63) is 62.8 Å². The van der Waals surface area contributed by atoms with Crippen LogP contribution in [-0.2, 0) is 12.8 Å². The van der Waals surface area contributed by atoms with Crippen LogP contribution in [-0.4, -0.2) is 17.0 Å². The lowest BCUT2D eigenvalue weighted by atomic mass is 9.92. The molecule has 0 bridgehead atoms. The molecule has 1 heterocycles. The Hall–Kier alpha value is -2.86. The van der Waals surface area contributed by atoms with E-state index in [2.05, 4.69) is 5.32 Å². The molecule has 6 nitrogen and oxygen atoms in total. The van der Waals surface area contributed by atoms with Crippen molar-refractivity contribution in [2.45, 2.75) is 25.7 Å². The number of anilines is 2. The maximum Gasteiger partial charge on any atom is 0.271 e. The lowest BCUT2D eigenvalue weighted by molar-refractivity contribution is -0.384. The van der Waals surface area contributed by atoms with Crippen LogP contribution in [0.3, 0.4) is 0 Å². The fourth-order valence-corrected chi connectivity index (χ4v) is 3.75. The molecule has 0 radical (unpaired) electrons. The molecule has 2 aromatic carbocycles. The van der Waals surface area contributed by atoms with Gasteiger partial charge in [-0.25, -0.2) is 0 Å². The number of aryl methyl sites for hydroxylation is 1. The molecule has 0 atom stereocenters. The van der Waals surface area contributed by atoms with Gasteiger partial charge in [-0.05, 0) is 55.5 Å². The molecule has 0 spiro atoms. The summed E-state index contributed by atoms with van der Waals surface area (Å²) in [6, 6.07) is 10.2. The normalized spacial score (nSPS) is 13.3. The minimum Gasteiger partial charge on any atom is -0.495 e. The van der Waals surface area contributed by atoms with Gasteiger partial charge >= 0.3 is 0 Å². The number of non-ortho nitro benzene ring substituents is 1. The lowest BCUT2D eigenvalue weighted by Crippen LogP contribution is -2.10. The van der Waals surface area contributed by atoms with Crippen molar-refractivity contribution in [2.24, 2.45) is 0 Å². The van der Waals surface area contributed by atoms with Crippen LogP contribution in [0.4, 0.5) is 17.1 Å². The highest BCUT2D eigenvalue weighted by molar-refractivity contribution is 6.31. The summed E-state index contributed by atoms with van der Waals surface area (Å²) < 4.78 is 5.41. The van der Waals surface area contributed by atoms with Crippen LogP contribution in [0.1, 0.15) is 24.1 Å². The number of hydrogen-bond donors (Lipinski definition) is 1. The molecule has 4 rings (SSSR count). The van der Waals surface area contributed by atoms with Crippen LogP contribution in [0, 0.1) is 10.1 Å². The van der Waals surface area contributed by atoms with Crippen LogP contribution < -0.4 is 10.1 Å². The van der Waals surface area contributed by atoms with Gasteiger partial charge in [0.15, 0.2) is 0 Å². The largest absolute Gasteiger partial charge is 0.495 e. The minimum absolute atomic E-state index is 0.00794. The second kappa shape index (κ2) is 7.04. The molecule has 7 heteroatoms. The molecule has 0 saturated heterocycles. The summed E-state index contributed by atoms with van der Waals surface area (Å²) in [6.45, 7) is 0. The highest BCUT2D eigenvalue weighted by Gasteiger charge is 2.20. The second-order valence-corrected chi connectivity index (χ2v) is 6.98.